The minimum Gasteiger partial charge on any atom is -0.467 e. The molecular weight excluding hydrogens is 260 g/mol. The van der Waals surface area contributed by atoms with E-state index in [1.54, 1.807) is 20.8 Å². The molecule has 0 aromatic heterocycles. The summed E-state index contributed by atoms with van der Waals surface area (Å²) in [5.41, 5.74) is -0.601. The van der Waals surface area contributed by atoms with Gasteiger partial charge in [-0.05, 0) is 39.7 Å². The van der Waals surface area contributed by atoms with Gasteiger partial charge in [0.05, 0.1) is 7.11 Å². The molecule has 0 radical (unpaired) electrons. The number of amides is 1. The lowest BCUT2D eigenvalue weighted by Crippen LogP contribution is -2.49. The average Bonchev–Trinajstić information content (AvgIpc) is 2.29. The summed E-state index contributed by atoms with van der Waals surface area (Å²) in [7, 11) is 1.29. The van der Waals surface area contributed by atoms with E-state index in [1.807, 2.05) is 0 Å². The second-order valence-electron chi connectivity index (χ2n) is 6.11. The fourth-order valence-corrected chi connectivity index (χ4v) is 1.42. The summed E-state index contributed by atoms with van der Waals surface area (Å²) in [6, 6.07) is -0.748. The summed E-state index contributed by atoms with van der Waals surface area (Å²) in [4.78, 5) is 23.3. The summed E-state index contributed by atoms with van der Waals surface area (Å²) < 4.78 is 9.79. The maximum atomic E-state index is 11.7. The third-order valence-electron chi connectivity index (χ3n) is 2.42. The van der Waals surface area contributed by atoms with Crippen LogP contribution in [-0.4, -0.2) is 43.9 Å². The summed E-state index contributed by atoms with van der Waals surface area (Å²) in [5.74, 6) is 0.0887. The Hall–Kier alpha value is -1.30. The molecule has 0 heterocycles. The van der Waals surface area contributed by atoms with E-state index in [0.717, 1.165) is 13.0 Å². The van der Waals surface area contributed by atoms with Crippen LogP contribution in [0.15, 0.2) is 0 Å². The minimum atomic E-state index is -0.748. The number of alkyl carbamates (subject to hydrolysis) is 1. The molecule has 0 aromatic rings. The Morgan fingerprint density at radius 1 is 1.20 bits per heavy atom. The lowest BCUT2D eigenvalue weighted by Gasteiger charge is -2.22. The minimum absolute atomic E-state index is 0.318. The third kappa shape index (κ3) is 9.61. The van der Waals surface area contributed by atoms with Gasteiger partial charge in [-0.3, -0.25) is 0 Å². The lowest BCUT2D eigenvalue weighted by molar-refractivity contribution is -0.143. The van der Waals surface area contributed by atoms with E-state index < -0.39 is 23.7 Å². The zero-order valence-corrected chi connectivity index (χ0v) is 13.4. The Balaban J connectivity index is 4.28. The molecule has 6 heteroatoms. The summed E-state index contributed by atoms with van der Waals surface area (Å²) >= 11 is 0. The number of ether oxygens (including phenoxy) is 2. The maximum Gasteiger partial charge on any atom is 0.408 e. The van der Waals surface area contributed by atoms with Crippen LogP contribution in [0.5, 0.6) is 0 Å². The number of nitrogens with one attached hydrogen (secondary N) is 2. The van der Waals surface area contributed by atoms with E-state index >= 15 is 0 Å². The molecule has 0 aromatic carbocycles. The van der Waals surface area contributed by atoms with Gasteiger partial charge in [0, 0.05) is 6.54 Å². The van der Waals surface area contributed by atoms with Crippen LogP contribution in [0.2, 0.25) is 0 Å². The molecular formula is C14H28N2O4. The van der Waals surface area contributed by atoms with E-state index in [9.17, 15) is 9.59 Å². The summed E-state index contributed by atoms with van der Waals surface area (Å²) in [6.45, 7) is 10.6. The molecule has 118 valence electrons. The lowest BCUT2D eigenvalue weighted by atomic mass is 10.1. The number of hydrogen-bond donors (Lipinski definition) is 2. The molecule has 0 saturated carbocycles. The molecule has 2 N–H and O–H groups in total. The molecule has 0 aliphatic heterocycles. The van der Waals surface area contributed by atoms with Gasteiger partial charge >= 0.3 is 12.1 Å². The van der Waals surface area contributed by atoms with Crippen molar-refractivity contribution in [2.24, 2.45) is 5.92 Å². The maximum absolute atomic E-state index is 11.7. The second kappa shape index (κ2) is 8.79. The second-order valence-corrected chi connectivity index (χ2v) is 6.11. The molecule has 0 unspecified atom stereocenters. The highest BCUT2D eigenvalue weighted by Crippen LogP contribution is 2.06. The molecule has 1 atom stereocenters. The number of rotatable bonds is 7. The first-order valence-corrected chi connectivity index (χ1v) is 6.93. The van der Waals surface area contributed by atoms with Gasteiger partial charge in [-0.15, -0.1) is 0 Å². The molecule has 6 nitrogen and oxygen atoms in total. The van der Waals surface area contributed by atoms with Crippen LogP contribution >= 0.6 is 0 Å². The van der Waals surface area contributed by atoms with Gasteiger partial charge in [0.25, 0.3) is 0 Å². The van der Waals surface area contributed by atoms with Crippen molar-refractivity contribution < 1.29 is 19.1 Å². The zero-order valence-electron chi connectivity index (χ0n) is 13.4. The van der Waals surface area contributed by atoms with Crippen LogP contribution in [0.4, 0.5) is 4.79 Å². The quantitative estimate of drug-likeness (QED) is 0.550. The fraction of sp³-hybridized carbons (Fsp3) is 0.857. The predicted molar refractivity (Wildman–Crippen MR) is 77.5 cm³/mol. The first-order chi connectivity index (χ1) is 9.15. The normalized spacial score (nSPS) is 12.9. The average molecular weight is 288 g/mol. The largest absolute Gasteiger partial charge is 0.467 e. The van der Waals surface area contributed by atoms with E-state index in [2.05, 4.69) is 29.2 Å². The number of hydrogen-bond acceptors (Lipinski definition) is 5. The molecule has 0 fully saturated rings. The van der Waals surface area contributed by atoms with Crippen LogP contribution in [0.1, 0.15) is 41.0 Å². The molecule has 1 amide bonds. The Morgan fingerprint density at radius 3 is 2.25 bits per heavy atom. The summed E-state index contributed by atoms with van der Waals surface area (Å²) in [5, 5.41) is 5.64. The topological polar surface area (TPSA) is 76.7 Å². The Bertz CT molecular complexity index is 311. The van der Waals surface area contributed by atoms with Gasteiger partial charge in [0.1, 0.15) is 11.6 Å². The number of methoxy groups -OCH3 is 1. The van der Waals surface area contributed by atoms with Crippen molar-refractivity contribution in [1.29, 1.82) is 0 Å². The van der Waals surface area contributed by atoms with Crippen LogP contribution in [0, 0.1) is 5.92 Å². The van der Waals surface area contributed by atoms with E-state index in [4.69, 9.17) is 4.74 Å². The van der Waals surface area contributed by atoms with Crippen molar-refractivity contribution in [3.05, 3.63) is 0 Å². The van der Waals surface area contributed by atoms with E-state index in [1.165, 1.54) is 7.11 Å². The smallest absolute Gasteiger partial charge is 0.408 e. The van der Waals surface area contributed by atoms with E-state index in [-0.39, 0.29) is 0 Å². The molecule has 0 bridgehead atoms. The van der Waals surface area contributed by atoms with Gasteiger partial charge in [0.2, 0.25) is 0 Å². The molecule has 0 aliphatic carbocycles. The molecule has 0 rings (SSSR count). The first-order valence-electron chi connectivity index (χ1n) is 6.93. The van der Waals surface area contributed by atoms with Gasteiger partial charge in [-0.25, -0.2) is 9.59 Å². The van der Waals surface area contributed by atoms with Gasteiger partial charge < -0.3 is 20.1 Å². The Labute approximate surface area is 121 Å². The van der Waals surface area contributed by atoms with Crippen molar-refractivity contribution >= 4 is 12.1 Å². The fourth-order valence-electron chi connectivity index (χ4n) is 1.42. The number of carbonyl (C=O) groups is 2. The van der Waals surface area contributed by atoms with Crippen molar-refractivity contribution in [2.45, 2.75) is 52.7 Å². The monoisotopic (exact) mass is 288 g/mol. The summed E-state index contributed by atoms with van der Waals surface area (Å²) in [6.07, 6.45) is 0.374. The van der Waals surface area contributed by atoms with Crippen molar-refractivity contribution in [3.63, 3.8) is 0 Å². The molecule has 0 saturated heterocycles. The highest BCUT2D eigenvalue weighted by Gasteiger charge is 2.24. The third-order valence-corrected chi connectivity index (χ3v) is 2.42. The number of esters is 1. The standard InChI is InChI=1S/C14H28N2O4/c1-10(2)7-8-15-9-11(12(17)19-6)16-13(18)20-14(3,4)5/h10-11,15H,7-9H2,1-6H3,(H,16,18)/t11-/m1/s1. The SMILES string of the molecule is COC(=O)[C@@H](CNCCC(C)C)NC(=O)OC(C)(C)C. The van der Waals surface area contributed by atoms with E-state index in [0.29, 0.717) is 12.5 Å². The van der Waals surface area contributed by atoms with Crippen molar-refractivity contribution in [3.8, 4) is 0 Å². The predicted octanol–water partition coefficient (Wildman–Crippen LogP) is 1.69. The van der Waals surface area contributed by atoms with Crippen molar-refractivity contribution in [2.75, 3.05) is 20.2 Å². The Kier molecular flexibility index (Phi) is 8.22. The Morgan fingerprint density at radius 2 is 1.80 bits per heavy atom. The van der Waals surface area contributed by atoms with Crippen molar-refractivity contribution in [1.82, 2.24) is 10.6 Å². The molecule has 0 aliphatic rings. The van der Waals surface area contributed by atoms with Crippen LogP contribution < -0.4 is 10.6 Å². The van der Waals surface area contributed by atoms with Crippen LogP contribution in [0.3, 0.4) is 0 Å². The van der Waals surface area contributed by atoms with Gasteiger partial charge in [-0.1, -0.05) is 13.8 Å². The highest BCUT2D eigenvalue weighted by molar-refractivity contribution is 5.81. The number of carbonyl (C=O) groups excluding carboxylic acids is 2. The molecule has 20 heavy (non-hydrogen) atoms. The first kappa shape index (κ1) is 18.7. The van der Waals surface area contributed by atoms with Crippen LogP contribution in [0.25, 0.3) is 0 Å². The molecule has 0 spiro atoms. The highest BCUT2D eigenvalue weighted by atomic mass is 16.6. The van der Waals surface area contributed by atoms with Gasteiger partial charge in [0.15, 0.2) is 0 Å². The zero-order chi connectivity index (χ0) is 15.8. The van der Waals surface area contributed by atoms with Crippen LogP contribution in [-0.2, 0) is 14.3 Å². The van der Waals surface area contributed by atoms with Gasteiger partial charge in [-0.2, -0.15) is 0 Å².